The summed E-state index contributed by atoms with van der Waals surface area (Å²) in [7, 11) is 0. The summed E-state index contributed by atoms with van der Waals surface area (Å²) in [5, 5.41) is 30.1. The smallest absolute Gasteiger partial charge is 0.389 e. The number of carbonyl (C=O) groups excluding carboxylic acids is 2. The molecule has 1 aliphatic heterocycles. The topological polar surface area (TPSA) is 131 Å². The fourth-order valence-corrected chi connectivity index (χ4v) is 6.03. The second-order valence-corrected chi connectivity index (χ2v) is 11.4. The molecule has 1 saturated heterocycles. The average Bonchev–Trinajstić information content (AvgIpc) is 3.45. The number of aromatic amines is 1. The highest BCUT2D eigenvalue weighted by Crippen LogP contribution is 2.51. The molecule has 2 aromatic rings. The largest absolute Gasteiger partial charge is 0.417 e. The lowest BCUT2D eigenvalue weighted by atomic mass is 9.81. The second kappa shape index (κ2) is 9.88. The summed E-state index contributed by atoms with van der Waals surface area (Å²) >= 11 is 0. The number of nitrogens with one attached hydrogen (secondary N) is 2. The van der Waals surface area contributed by atoms with Gasteiger partial charge in [-0.3, -0.25) is 19.7 Å². The van der Waals surface area contributed by atoms with Crippen molar-refractivity contribution >= 4 is 11.8 Å². The number of hydrogen-bond acceptors (Lipinski definition) is 6. The number of piperidine rings is 1. The Balaban J connectivity index is 1.22. The van der Waals surface area contributed by atoms with Crippen molar-refractivity contribution in [3.8, 4) is 11.3 Å². The number of amides is 2. The molecule has 4 N–H and O–H groups in total. The van der Waals surface area contributed by atoms with E-state index in [0.29, 0.717) is 41.9 Å². The molecule has 2 aromatic heterocycles. The number of nitrogens with zero attached hydrogens (tertiary/aromatic N) is 3. The zero-order chi connectivity index (χ0) is 28.2. The molecular formula is C27H34F3N5O4. The number of hydrogen-bond donors (Lipinski definition) is 4. The lowest BCUT2D eigenvalue weighted by Gasteiger charge is -2.41. The van der Waals surface area contributed by atoms with Gasteiger partial charge in [-0.05, 0) is 77.3 Å². The predicted molar refractivity (Wildman–Crippen MR) is 134 cm³/mol. The van der Waals surface area contributed by atoms with Crippen LogP contribution in [-0.2, 0) is 4.79 Å². The van der Waals surface area contributed by atoms with E-state index in [0.717, 1.165) is 18.5 Å². The molecule has 212 valence electrons. The van der Waals surface area contributed by atoms with Crippen LogP contribution >= 0.6 is 0 Å². The average molecular weight is 550 g/mol. The molecule has 0 unspecified atom stereocenters. The van der Waals surface area contributed by atoms with Crippen LogP contribution in [-0.4, -0.2) is 72.0 Å². The van der Waals surface area contributed by atoms with Crippen LogP contribution in [0.15, 0.2) is 18.3 Å². The number of aliphatic hydroxyl groups is 2. The Morgan fingerprint density at radius 3 is 2.49 bits per heavy atom. The molecule has 2 amide bonds. The van der Waals surface area contributed by atoms with Crippen LogP contribution in [0.5, 0.6) is 0 Å². The molecule has 2 saturated carbocycles. The Labute approximate surface area is 224 Å². The molecule has 12 heteroatoms. The van der Waals surface area contributed by atoms with Crippen molar-refractivity contribution in [3.63, 3.8) is 0 Å². The van der Waals surface area contributed by atoms with Gasteiger partial charge < -0.3 is 20.4 Å². The van der Waals surface area contributed by atoms with Gasteiger partial charge in [0.1, 0.15) is 5.69 Å². The number of aromatic nitrogens is 3. The summed E-state index contributed by atoms with van der Waals surface area (Å²) in [4.78, 5) is 32.6. The van der Waals surface area contributed by atoms with Gasteiger partial charge in [-0.15, -0.1) is 0 Å². The van der Waals surface area contributed by atoms with E-state index in [1.54, 1.807) is 19.2 Å². The van der Waals surface area contributed by atoms with Crippen molar-refractivity contribution in [1.82, 2.24) is 25.4 Å². The number of rotatable bonds is 5. The Morgan fingerprint density at radius 1 is 1.18 bits per heavy atom. The highest BCUT2D eigenvalue weighted by Gasteiger charge is 2.56. The Kier molecular flexibility index (Phi) is 6.99. The van der Waals surface area contributed by atoms with Crippen LogP contribution in [0.2, 0.25) is 0 Å². The summed E-state index contributed by atoms with van der Waals surface area (Å²) in [6, 6.07) is 3.08. The second-order valence-electron chi connectivity index (χ2n) is 11.4. The third-order valence-electron chi connectivity index (χ3n) is 8.64. The number of pyridine rings is 1. The van der Waals surface area contributed by atoms with E-state index >= 15 is 0 Å². The van der Waals surface area contributed by atoms with Crippen LogP contribution in [0.1, 0.15) is 86.1 Å². The zero-order valence-electron chi connectivity index (χ0n) is 22.0. The normalized spacial score (nSPS) is 27.3. The molecule has 0 aromatic carbocycles. The third-order valence-corrected chi connectivity index (χ3v) is 8.64. The van der Waals surface area contributed by atoms with Gasteiger partial charge in [-0.2, -0.15) is 18.3 Å². The molecule has 3 heterocycles. The number of alkyl halides is 3. The molecule has 1 spiro atoms. The third kappa shape index (κ3) is 5.28. The minimum atomic E-state index is -4.67. The highest BCUT2D eigenvalue weighted by molar-refractivity contribution is 5.94. The maximum Gasteiger partial charge on any atom is 0.417 e. The van der Waals surface area contributed by atoms with Crippen LogP contribution in [0, 0.1) is 12.8 Å². The van der Waals surface area contributed by atoms with Gasteiger partial charge in [0.2, 0.25) is 5.91 Å². The fourth-order valence-electron chi connectivity index (χ4n) is 6.03. The van der Waals surface area contributed by atoms with Gasteiger partial charge >= 0.3 is 6.18 Å². The number of halogens is 3. The number of carbonyl (C=O) groups is 2. The van der Waals surface area contributed by atoms with E-state index in [2.05, 4.69) is 20.5 Å². The van der Waals surface area contributed by atoms with Crippen LogP contribution in [0.25, 0.3) is 11.3 Å². The summed E-state index contributed by atoms with van der Waals surface area (Å²) in [6.45, 7) is 3.86. The van der Waals surface area contributed by atoms with E-state index in [4.69, 9.17) is 0 Å². The van der Waals surface area contributed by atoms with E-state index in [1.165, 1.54) is 0 Å². The summed E-state index contributed by atoms with van der Waals surface area (Å²) < 4.78 is 39.3. The molecular weight excluding hydrogens is 515 g/mol. The van der Waals surface area contributed by atoms with E-state index in [-0.39, 0.29) is 30.6 Å². The molecule has 3 aliphatic rings. The van der Waals surface area contributed by atoms with Crippen molar-refractivity contribution < 1.29 is 33.0 Å². The zero-order valence-corrected chi connectivity index (χ0v) is 22.0. The first-order valence-corrected chi connectivity index (χ1v) is 13.4. The Bertz CT molecular complexity index is 1250. The van der Waals surface area contributed by atoms with Gasteiger partial charge in [0.05, 0.1) is 11.8 Å². The monoisotopic (exact) mass is 549 g/mol. The Hall–Kier alpha value is -2.99. The number of aryl methyl sites for hydroxylation is 1. The van der Waals surface area contributed by atoms with E-state index in [9.17, 15) is 33.0 Å². The van der Waals surface area contributed by atoms with Crippen molar-refractivity contribution in [2.75, 3.05) is 6.54 Å². The van der Waals surface area contributed by atoms with E-state index < -0.39 is 42.3 Å². The standard InChI is InChI=1S/C27H34F3N5O4/c1-15-11-19(20(14-31-15)16(2)36)21-12-22(34-33-21)24(38)35-10-5-17(13-25(35)8-9-25)23(37)32-18-3-6-26(39,7-4-18)27(28,29)30/h11-12,14,16-18,36,39H,3-10,13H2,1-2H3,(H,32,37)(H,33,34)/t16-,17+,18?,26?/m0/s1. The van der Waals surface area contributed by atoms with Crippen LogP contribution < -0.4 is 5.32 Å². The minimum Gasteiger partial charge on any atom is -0.389 e. The first kappa shape index (κ1) is 27.6. The first-order valence-electron chi connectivity index (χ1n) is 13.4. The maximum absolute atomic E-state index is 13.5. The lowest BCUT2D eigenvalue weighted by Crippen LogP contribution is -2.54. The SMILES string of the molecule is Cc1cc(-c2cc(C(=O)N3CC[C@@H](C(=O)NC4CCC(O)(C(F)(F)F)CC4)CC34CC4)[nH]n2)c([C@H](C)O)cn1. The summed E-state index contributed by atoms with van der Waals surface area (Å²) in [5.41, 5.74) is -0.180. The van der Waals surface area contributed by atoms with Crippen molar-refractivity contribution in [2.45, 2.75) is 94.7 Å². The number of aliphatic hydroxyl groups excluding tert-OH is 1. The summed E-state index contributed by atoms with van der Waals surface area (Å²) in [6.07, 6.45) is -2.03. The molecule has 0 radical (unpaired) electrons. The van der Waals surface area contributed by atoms with E-state index in [1.807, 2.05) is 17.9 Å². The van der Waals surface area contributed by atoms with Gasteiger partial charge in [-0.1, -0.05) is 0 Å². The number of H-pyrrole nitrogens is 1. The molecule has 39 heavy (non-hydrogen) atoms. The van der Waals surface area contributed by atoms with Crippen molar-refractivity contribution in [2.24, 2.45) is 5.92 Å². The van der Waals surface area contributed by atoms with Crippen molar-refractivity contribution in [3.05, 3.63) is 35.3 Å². The van der Waals surface area contributed by atoms with Crippen LogP contribution in [0.3, 0.4) is 0 Å². The molecule has 0 bridgehead atoms. The minimum absolute atomic E-state index is 0.0696. The van der Waals surface area contributed by atoms with Crippen LogP contribution in [0.4, 0.5) is 13.2 Å². The first-order chi connectivity index (χ1) is 18.3. The summed E-state index contributed by atoms with van der Waals surface area (Å²) in [5.74, 6) is -0.725. The van der Waals surface area contributed by atoms with Gasteiger partial charge in [-0.25, -0.2) is 0 Å². The molecule has 3 fully saturated rings. The molecule has 9 nitrogen and oxygen atoms in total. The predicted octanol–water partition coefficient (Wildman–Crippen LogP) is 3.57. The Morgan fingerprint density at radius 2 is 1.87 bits per heavy atom. The van der Waals surface area contributed by atoms with Gasteiger partial charge in [0.15, 0.2) is 5.60 Å². The quantitative estimate of drug-likeness (QED) is 0.451. The molecule has 2 aliphatic carbocycles. The van der Waals surface area contributed by atoms with Crippen molar-refractivity contribution in [1.29, 1.82) is 0 Å². The highest BCUT2D eigenvalue weighted by atomic mass is 19.4. The van der Waals surface area contributed by atoms with Gasteiger partial charge in [0.25, 0.3) is 5.91 Å². The van der Waals surface area contributed by atoms with Gasteiger partial charge in [0, 0.05) is 47.1 Å². The molecule has 2 atom stereocenters. The lowest BCUT2D eigenvalue weighted by molar-refractivity contribution is -0.270. The maximum atomic E-state index is 13.5. The fraction of sp³-hybridized carbons (Fsp3) is 0.630. The number of likely N-dealkylation sites (tertiary alicyclic amines) is 1. The molecule has 5 rings (SSSR count).